The maximum absolute atomic E-state index is 11.4. The van der Waals surface area contributed by atoms with Crippen LogP contribution in [0.4, 0.5) is 0 Å². The van der Waals surface area contributed by atoms with Crippen molar-refractivity contribution >= 4 is 32.6 Å². The molecule has 0 aliphatic heterocycles. The molecule has 5 heteroatoms. The van der Waals surface area contributed by atoms with Crippen molar-refractivity contribution < 1.29 is 8.42 Å². The quantitative estimate of drug-likeness (QED) is 0.478. The highest BCUT2D eigenvalue weighted by molar-refractivity contribution is 14.1. The molecule has 0 heterocycles. The number of halogens is 1. The zero-order valence-corrected chi connectivity index (χ0v) is 11.4. The summed E-state index contributed by atoms with van der Waals surface area (Å²) in [6.45, 7) is 5.55. The predicted octanol–water partition coefficient (Wildman–Crippen LogP) is 1.92. The van der Waals surface area contributed by atoms with E-state index >= 15 is 0 Å². The maximum atomic E-state index is 11.4. The second-order valence-electron chi connectivity index (χ2n) is 4.07. The van der Waals surface area contributed by atoms with Gasteiger partial charge in [0.1, 0.15) is 0 Å². The van der Waals surface area contributed by atoms with Crippen molar-refractivity contribution in [3.8, 4) is 0 Å². The highest BCUT2D eigenvalue weighted by Crippen LogP contribution is 2.04. The standard InChI is InChI=1S/C8H18INO2S/c1-8(2,3)10-13(11,12)7-5-4-6-9/h10H,4-7H2,1-3H3. The molecule has 0 saturated carbocycles. The summed E-state index contributed by atoms with van der Waals surface area (Å²) >= 11 is 2.25. The molecule has 0 saturated heterocycles. The average Bonchev–Trinajstić information content (AvgIpc) is 1.81. The van der Waals surface area contributed by atoms with Gasteiger partial charge < -0.3 is 0 Å². The van der Waals surface area contributed by atoms with Crippen LogP contribution in [0.25, 0.3) is 0 Å². The Morgan fingerprint density at radius 3 is 2.15 bits per heavy atom. The highest BCUT2D eigenvalue weighted by atomic mass is 127. The van der Waals surface area contributed by atoms with Crippen LogP contribution in [0.15, 0.2) is 0 Å². The lowest BCUT2D eigenvalue weighted by Crippen LogP contribution is -2.41. The van der Waals surface area contributed by atoms with E-state index in [1.165, 1.54) is 0 Å². The number of hydrogen-bond donors (Lipinski definition) is 1. The molecule has 0 aromatic rings. The molecule has 0 aliphatic rings. The van der Waals surface area contributed by atoms with Crippen molar-refractivity contribution in [2.75, 3.05) is 10.2 Å². The van der Waals surface area contributed by atoms with Crippen molar-refractivity contribution in [3.63, 3.8) is 0 Å². The zero-order valence-electron chi connectivity index (χ0n) is 8.43. The Kier molecular flexibility index (Phi) is 5.77. The second kappa shape index (κ2) is 5.50. The first-order valence-corrected chi connectivity index (χ1v) is 7.52. The average molecular weight is 319 g/mol. The van der Waals surface area contributed by atoms with Crippen LogP contribution in [0.3, 0.4) is 0 Å². The molecule has 0 aromatic carbocycles. The molecule has 1 N–H and O–H groups in total. The predicted molar refractivity (Wildman–Crippen MR) is 64.8 cm³/mol. The Morgan fingerprint density at radius 1 is 1.23 bits per heavy atom. The van der Waals surface area contributed by atoms with E-state index in [9.17, 15) is 8.42 Å². The van der Waals surface area contributed by atoms with Gasteiger partial charge in [0, 0.05) is 5.54 Å². The van der Waals surface area contributed by atoms with E-state index in [0.29, 0.717) is 0 Å². The van der Waals surface area contributed by atoms with Crippen LogP contribution in [-0.4, -0.2) is 24.1 Å². The molecule has 0 bridgehead atoms. The first kappa shape index (κ1) is 13.6. The lowest BCUT2D eigenvalue weighted by atomic mass is 10.1. The summed E-state index contributed by atoms with van der Waals surface area (Å²) in [4.78, 5) is 0. The lowest BCUT2D eigenvalue weighted by molar-refractivity contribution is 0.490. The van der Waals surface area contributed by atoms with Gasteiger partial charge in [-0.15, -0.1) is 0 Å². The van der Waals surface area contributed by atoms with Crippen LogP contribution in [-0.2, 0) is 10.0 Å². The van der Waals surface area contributed by atoms with Gasteiger partial charge >= 0.3 is 0 Å². The third-order valence-electron chi connectivity index (χ3n) is 1.26. The highest BCUT2D eigenvalue weighted by Gasteiger charge is 2.18. The number of unbranched alkanes of at least 4 members (excludes halogenated alkanes) is 1. The molecule has 0 aromatic heterocycles. The summed E-state index contributed by atoms with van der Waals surface area (Å²) in [5, 5.41) is 0. The van der Waals surface area contributed by atoms with Gasteiger partial charge in [0.15, 0.2) is 0 Å². The van der Waals surface area contributed by atoms with Crippen molar-refractivity contribution in [1.29, 1.82) is 0 Å². The van der Waals surface area contributed by atoms with E-state index < -0.39 is 10.0 Å². The van der Waals surface area contributed by atoms with E-state index in [1.807, 2.05) is 20.8 Å². The molecule has 0 radical (unpaired) electrons. The topological polar surface area (TPSA) is 46.2 Å². The first-order chi connectivity index (χ1) is 5.77. The second-order valence-corrected chi connectivity index (χ2v) is 6.99. The minimum Gasteiger partial charge on any atom is -0.212 e. The van der Waals surface area contributed by atoms with Gasteiger partial charge in [-0.1, -0.05) is 22.6 Å². The summed E-state index contributed by atoms with van der Waals surface area (Å²) in [6.07, 6.45) is 1.71. The molecule has 80 valence electrons. The van der Waals surface area contributed by atoms with Crippen LogP contribution >= 0.6 is 22.6 Å². The summed E-state index contributed by atoms with van der Waals surface area (Å²) in [5.41, 5.74) is -0.358. The van der Waals surface area contributed by atoms with E-state index in [0.717, 1.165) is 17.3 Å². The molecular weight excluding hydrogens is 301 g/mol. The van der Waals surface area contributed by atoms with Crippen LogP contribution < -0.4 is 4.72 Å². The maximum Gasteiger partial charge on any atom is 0.212 e. The van der Waals surface area contributed by atoms with E-state index in [4.69, 9.17) is 0 Å². The van der Waals surface area contributed by atoms with Gasteiger partial charge in [-0.3, -0.25) is 0 Å². The number of rotatable bonds is 5. The SMILES string of the molecule is CC(C)(C)NS(=O)(=O)CCCCI. The summed E-state index contributed by atoms with van der Waals surface area (Å²) in [6, 6.07) is 0. The Hall–Kier alpha value is 0.640. The Labute approximate surface area is 94.9 Å². The number of hydrogen-bond acceptors (Lipinski definition) is 2. The Balaban J connectivity index is 3.96. The number of alkyl halides is 1. The van der Waals surface area contributed by atoms with Crippen molar-refractivity contribution in [3.05, 3.63) is 0 Å². The lowest BCUT2D eigenvalue weighted by Gasteiger charge is -2.20. The molecule has 0 unspecified atom stereocenters. The molecule has 0 amide bonds. The van der Waals surface area contributed by atoms with Crippen molar-refractivity contribution in [1.82, 2.24) is 4.72 Å². The summed E-state index contributed by atoms with van der Waals surface area (Å²) < 4.78 is 26.5. The van der Waals surface area contributed by atoms with E-state index in [2.05, 4.69) is 27.3 Å². The molecule has 0 fully saturated rings. The molecule has 0 atom stereocenters. The van der Waals surface area contributed by atoms with Crippen molar-refractivity contribution in [2.24, 2.45) is 0 Å². The van der Waals surface area contributed by atoms with Gasteiger partial charge in [0.2, 0.25) is 10.0 Å². The molecular formula is C8H18INO2S. The molecule has 3 nitrogen and oxygen atoms in total. The first-order valence-electron chi connectivity index (χ1n) is 4.34. The van der Waals surface area contributed by atoms with Gasteiger partial charge in [0.25, 0.3) is 0 Å². The smallest absolute Gasteiger partial charge is 0.212 e. The van der Waals surface area contributed by atoms with Crippen LogP contribution in [0.5, 0.6) is 0 Å². The molecule has 13 heavy (non-hydrogen) atoms. The van der Waals surface area contributed by atoms with Gasteiger partial charge in [0.05, 0.1) is 5.75 Å². The third kappa shape index (κ3) is 8.96. The van der Waals surface area contributed by atoms with E-state index in [1.54, 1.807) is 0 Å². The molecule has 0 spiro atoms. The molecule has 0 aliphatic carbocycles. The van der Waals surface area contributed by atoms with Crippen LogP contribution in [0.2, 0.25) is 0 Å². The summed E-state index contributed by atoms with van der Waals surface area (Å²) in [5.74, 6) is 0.243. The van der Waals surface area contributed by atoms with Crippen LogP contribution in [0.1, 0.15) is 33.6 Å². The summed E-state index contributed by atoms with van der Waals surface area (Å²) in [7, 11) is -3.06. The fraction of sp³-hybridized carbons (Fsp3) is 1.00. The van der Waals surface area contributed by atoms with Gasteiger partial charge in [-0.25, -0.2) is 13.1 Å². The largest absolute Gasteiger partial charge is 0.212 e. The number of nitrogens with one attached hydrogen (secondary N) is 1. The minimum absolute atomic E-state index is 0.243. The van der Waals surface area contributed by atoms with Gasteiger partial charge in [-0.05, 0) is 38.0 Å². The Morgan fingerprint density at radius 2 is 1.77 bits per heavy atom. The fourth-order valence-electron chi connectivity index (χ4n) is 0.904. The zero-order chi connectivity index (χ0) is 10.5. The van der Waals surface area contributed by atoms with Gasteiger partial charge in [-0.2, -0.15) is 0 Å². The van der Waals surface area contributed by atoms with Crippen molar-refractivity contribution in [2.45, 2.75) is 39.2 Å². The van der Waals surface area contributed by atoms with Crippen LogP contribution in [0, 0.1) is 0 Å². The normalized spacial score (nSPS) is 13.2. The number of sulfonamides is 1. The third-order valence-corrected chi connectivity index (χ3v) is 3.77. The monoisotopic (exact) mass is 319 g/mol. The minimum atomic E-state index is -3.06. The Bertz CT molecular complexity index is 231. The fourth-order valence-corrected chi connectivity index (χ4v) is 3.06. The molecule has 0 rings (SSSR count). The van der Waals surface area contributed by atoms with E-state index in [-0.39, 0.29) is 11.3 Å².